The third-order valence-electron chi connectivity index (χ3n) is 3.92. The highest BCUT2D eigenvalue weighted by molar-refractivity contribution is 5.49. The van der Waals surface area contributed by atoms with Gasteiger partial charge in [-0.15, -0.1) is 13.2 Å². The molecule has 0 amide bonds. The SMILES string of the molecule is CCNc1nc(C)cc(N2CCc3cc(OC(F)(F)F)ccc3C2)n1. The second kappa shape index (κ2) is 6.78. The molecule has 2 aromatic rings. The molecule has 1 aromatic heterocycles. The zero-order chi connectivity index (χ0) is 18.0. The smallest absolute Gasteiger partial charge is 0.406 e. The van der Waals surface area contributed by atoms with Crippen LogP contribution in [0.3, 0.4) is 0 Å². The molecular weight excluding hydrogens is 333 g/mol. The minimum absolute atomic E-state index is 0.174. The van der Waals surface area contributed by atoms with Crippen molar-refractivity contribution in [1.82, 2.24) is 9.97 Å². The zero-order valence-electron chi connectivity index (χ0n) is 14.0. The predicted octanol–water partition coefficient (Wildman–Crippen LogP) is 3.68. The highest BCUT2D eigenvalue weighted by Gasteiger charge is 2.31. The number of fused-ring (bicyclic) bond motifs is 1. The maximum atomic E-state index is 12.3. The van der Waals surface area contributed by atoms with Crippen molar-refractivity contribution in [1.29, 1.82) is 0 Å². The Morgan fingerprint density at radius 2 is 2.00 bits per heavy atom. The summed E-state index contributed by atoms with van der Waals surface area (Å²) < 4.78 is 41.0. The Kier molecular flexibility index (Phi) is 4.69. The molecule has 1 aliphatic heterocycles. The zero-order valence-corrected chi connectivity index (χ0v) is 14.0. The first-order valence-corrected chi connectivity index (χ1v) is 8.06. The van der Waals surface area contributed by atoms with E-state index in [9.17, 15) is 13.2 Å². The Balaban J connectivity index is 1.80. The number of alkyl halides is 3. The van der Waals surface area contributed by atoms with Gasteiger partial charge in [-0.3, -0.25) is 0 Å². The van der Waals surface area contributed by atoms with Crippen molar-refractivity contribution in [3.05, 3.63) is 41.1 Å². The molecule has 2 heterocycles. The molecule has 0 unspecified atom stereocenters. The number of nitrogens with one attached hydrogen (secondary N) is 1. The van der Waals surface area contributed by atoms with Crippen LogP contribution in [0.1, 0.15) is 23.7 Å². The van der Waals surface area contributed by atoms with E-state index in [1.165, 1.54) is 12.1 Å². The third-order valence-corrected chi connectivity index (χ3v) is 3.92. The number of anilines is 2. The molecule has 3 rings (SSSR count). The number of hydrogen-bond donors (Lipinski definition) is 1. The van der Waals surface area contributed by atoms with Gasteiger partial charge in [-0.2, -0.15) is 4.98 Å². The van der Waals surface area contributed by atoms with Crippen LogP contribution in [0.2, 0.25) is 0 Å². The number of benzene rings is 1. The van der Waals surface area contributed by atoms with E-state index < -0.39 is 6.36 Å². The summed E-state index contributed by atoms with van der Waals surface area (Å²) in [6, 6.07) is 6.41. The number of hydrogen-bond acceptors (Lipinski definition) is 5. The summed E-state index contributed by atoms with van der Waals surface area (Å²) in [5.74, 6) is 1.22. The van der Waals surface area contributed by atoms with E-state index >= 15 is 0 Å². The average Bonchev–Trinajstić information content (AvgIpc) is 2.52. The van der Waals surface area contributed by atoms with Crippen LogP contribution in [0.5, 0.6) is 5.75 Å². The van der Waals surface area contributed by atoms with Gasteiger partial charge in [-0.25, -0.2) is 4.98 Å². The summed E-state index contributed by atoms with van der Waals surface area (Å²) in [6.07, 6.45) is -4.04. The summed E-state index contributed by atoms with van der Waals surface area (Å²) >= 11 is 0. The Morgan fingerprint density at radius 1 is 1.20 bits per heavy atom. The van der Waals surface area contributed by atoms with Crippen LogP contribution in [-0.4, -0.2) is 29.4 Å². The van der Waals surface area contributed by atoms with Gasteiger partial charge in [0.1, 0.15) is 11.6 Å². The highest BCUT2D eigenvalue weighted by Crippen LogP contribution is 2.29. The van der Waals surface area contributed by atoms with Crippen LogP contribution < -0.4 is 15.0 Å². The van der Waals surface area contributed by atoms with Gasteiger partial charge in [0.2, 0.25) is 5.95 Å². The quantitative estimate of drug-likeness (QED) is 0.910. The monoisotopic (exact) mass is 352 g/mol. The van der Waals surface area contributed by atoms with Crippen molar-refractivity contribution in [2.45, 2.75) is 33.2 Å². The minimum atomic E-state index is -4.67. The fourth-order valence-corrected chi connectivity index (χ4v) is 2.87. The number of ether oxygens (including phenoxy) is 1. The lowest BCUT2D eigenvalue weighted by Crippen LogP contribution is -2.31. The molecule has 0 saturated carbocycles. The van der Waals surface area contributed by atoms with E-state index in [1.54, 1.807) is 6.07 Å². The molecule has 0 aliphatic carbocycles. The van der Waals surface area contributed by atoms with Crippen LogP contribution in [-0.2, 0) is 13.0 Å². The largest absolute Gasteiger partial charge is 0.573 e. The molecule has 0 fully saturated rings. The third kappa shape index (κ3) is 4.32. The van der Waals surface area contributed by atoms with Gasteiger partial charge < -0.3 is 15.0 Å². The van der Waals surface area contributed by atoms with Gasteiger partial charge in [-0.1, -0.05) is 6.07 Å². The van der Waals surface area contributed by atoms with Crippen LogP contribution >= 0.6 is 0 Å². The molecular formula is C17H19F3N4O. The van der Waals surface area contributed by atoms with E-state index in [0.29, 0.717) is 25.5 Å². The molecule has 0 radical (unpaired) electrons. The summed E-state index contributed by atoms with van der Waals surface area (Å²) in [7, 11) is 0. The molecule has 0 spiro atoms. The van der Waals surface area contributed by atoms with E-state index in [2.05, 4.69) is 24.9 Å². The fraction of sp³-hybridized carbons (Fsp3) is 0.412. The molecule has 134 valence electrons. The molecule has 1 N–H and O–H groups in total. The van der Waals surface area contributed by atoms with Crippen molar-refractivity contribution < 1.29 is 17.9 Å². The first kappa shape index (κ1) is 17.3. The van der Waals surface area contributed by atoms with Crippen LogP contribution in [0.25, 0.3) is 0 Å². The standard InChI is InChI=1S/C17H19F3N4O/c1-3-21-16-22-11(2)8-15(23-16)24-7-6-12-9-14(25-17(18,19)20)5-4-13(12)10-24/h4-5,8-9H,3,6-7,10H2,1-2H3,(H,21,22,23). The van der Waals surface area contributed by atoms with Crippen molar-refractivity contribution in [2.24, 2.45) is 0 Å². The second-order valence-corrected chi connectivity index (χ2v) is 5.87. The van der Waals surface area contributed by atoms with Crippen molar-refractivity contribution in [3.8, 4) is 5.75 Å². The number of halogens is 3. The number of aromatic nitrogens is 2. The number of nitrogens with zero attached hydrogens (tertiary/aromatic N) is 3. The number of aryl methyl sites for hydroxylation is 1. The average molecular weight is 352 g/mol. The van der Waals surface area contributed by atoms with E-state index in [-0.39, 0.29) is 5.75 Å². The van der Waals surface area contributed by atoms with E-state index in [4.69, 9.17) is 0 Å². The summed E-state index contributed by atoms with van der Waals surface area (Å²) in [4.78, 5) is 11.0. The number of rotatable bonds is 4. The Hall–Kier alpha value is -2.51. The second-order valence-electron chi connectivity index (χ2n) is 5.87. The molecule has 5 nitrogen and oxygen atoms in total. The lowest BCUT2D eigenvalue weighted by molar-refractivity contribution is -0.274. The van der Waals surface area contributed by atoms with Gasteiger partial charge in [0.15, 0.2) is 0 Å². The lowest BCUT2D eigenvalue weighted by Gasteiger charge is -2.30. The fourth-order valence-electron chi connectivity index (χ4n) is 2.87. The van der Waals surface area contributed by atoms with Crippen LogP contribution in [0.4, 0.5) is 24.9 Å². The van der Waals surface area contributed by atoms with Gasteiger partial charge in [0, 0.05) is 31.4 Å². The molecule has 0 atom stereocenters. The maximum Gasteiger partial charge on any atom is 0.573 e. The maximum absolute atomic E-state index is 12.3. The summed E-state index contributed by atoms with van der Waals surface area (Å²) in [6.45, 7) is 5.87. The molecule has 1 aliphatic rings. The van der Waals surface area contributed by atoms with Gasteiger partial charge in [-0.05, 0) is 43.5 Å². The molecule has 1 aromatic carbocycles. The Morgan fingerprint density at radius 3 is 2.72 bits per heavy atom. The molecule has 8 heteroatoms. The van der Waals surface area contributed by atoms with E-state index in [1.807, 2.05) is 19.9 Å². The molecule has 25 heavy (non-hydrogen) atoms. The van der Waals surface area contributed by atoms with Crippen LogP contribution in [0.15, 0.2) is 24.3 Å². The van der Waals surface area contributed by atoms with Gasteiger partial charge >= 0.3 is 6.36 Å². The topological polar surface area (TPSA) is 50.3 Å². The predicted molar refractivity (Wildman–Crippen MR) is 88.8 cm³/mol. The van der Waals surface area contributed by atoms with Crippen molar-refractivity contribution in [3.63, 3.8) is 0 Å². The van der Waals surface area contributed by atoms with Crippen LogP contribution in [0, 0.1) is 6.92 Å². The minimum Gasteiger partial charge on any atom is -0.406 e. The summed E-state index contributed by atoms with van der Waals surface area (Å²) in [5, 5.41) is 3.10. The normalized spacial score (nSPS) is 14.2. The van der Waals surface area contributed by atoms with Crippen molar-refractivity contribution in [2.75, 3.05) is 23.3 Å². The Bertz CT molecular complexity index is 764. The first-order chi connectivity index (χ1) is 11.8. The molecule has 0 bridgehead atoms. The van der Waals surface area contributed by atoms with Crippen molar-refractivity contribution >= 4 is 11.8 Å². The lowest BCUT2D eigenvalue weighted by atomic mass is 9.99. The molecule has 0 saturated heterocycles. The summed E-state index contributed by atoms with van der Waals surface area (Å²) in [5.41, 5.74) is 2.71. The van der Waals surface area contributed by atoms with Gasteiger partial charge in [0.05, 0.1) is 0 Å². The van der Waals surface area contributed by atoms with Gasteiger partial charge in [0.25, 0.3) is 0 Å². The first-order valence-electron chi connectivity index (χ1n) is 8.06. The van der Waals surface area contributed by atoms with E-state index in [0.717, 1.165) is 29.2 Å². The Labute approximate surface area is 143 Å². The highest BCUT2D eigenvalue weighted by atomic mass is 19.4.